The van der Waals surface area contributed by atoms with Gasteiger partial charge < -0.3 is 29.4 Å². The van der Waals surface area contributed by atoms with Crippen molar-refractivity contribution in [2.24, 2.45) is 17.8 Å². The molecule has 2 heterocycles. The molecule has 2 saturated heterocycles. The zero-order chi connectivity index (χ0) is 33.1. The van der Waals surface area contributed by atoms with Gasteiger partial charge in [-0.2, -0.15) is 0 Å². The van der Waals surface area contributed by atoms with Gasteiger partial charge in [0.25, 0.3) is 0 Å². The maximum Gasteiger partial charge on any atom is 0.334 e. The molecule has 1 spiro atoms. The van der Waals surface area contributed by atoms with Gasteiger partial charge in [-0.1, -0.05) is 61.6 Å². The number of hydrogen-bond donors (Lipinski definition) is 2. The van der Waals surface area contributed by atoms with E-state index in [0.717, 1.165) is 18.4 Å². The van der Waals surface area contributed by atoms with Gasteiger partial charge in [-0.05, 0) is 71.3 Å². The van der Waals surface area contributed by atoms with Crippen LogP contribution in [0.5, 0.6) is 0 Å². The van der Waals surface area contributed by atoms with Crippen LogP contribution in [-0.2, 0) is 33.3 Å². The number of carbonyl (C=O) groups is 3. The fraction of sp³-hybridized carbons (Fsp3) is 0.583. The van der Waals surface area contributed by atoms with Crippen molar-refractivity contribution in [1.29, 1.82) is 0 Å². The average Bonchev–Trinajstić information content (AvgIpc) is 3.77. The first-order valence-electron chi connectivity index (χ1n) is 15.9. The van der Waals surface area contributed by atoms with E-state index in [9.17, 15) is 19.5 Å². The molecule has 9 atom stereocenters. The summed E-state index contributed by atoms with van der Waals surface area (Å²) in [6, 6.07) is -0.138. The number of esters is 2. The van der Waals surface area contributed by atoms with E-state index in [1.54, 1.807) is 44.2 Å². The number of aliphatic hydroxyl groups is 1. The zero-order valence-corrected chi connectivity index (χ0v) is 27.6. The molecule has 0 aromatic heterocycles. The third-order valence-corrected chi connectivity index (χ3v) is 8.93. The maximum absolute atomic E-state index is 12.6. The third kappa shape index (κ3) is 10.9. The van der Waals surface area contributed by atoms with Gasteiger partial charge in [0, 0.05) is 24.0 Å². The molecule has 0 aromatic rings. The Morgan fingerprint density at radius 1 is 1.16 bits per heavy atom. The fourth-order valence-corrected chi connectivity index (χ4v) is 6.10. The lowest BCUT2D eigenvalue weighted by Crippen LogP contribution is -2.50. The minimum Gasteiger partial charge on any atom is -0.469 e. The van der Waals surface area contributed by atoms with E-state index in [4.69, 9.17) is 18.9 Å². The van der Waals surface area contributed by atoms with E-state index in [1.165, 1.54) is 13.2 Å². The molecule has 2 aliphatic heterocycles. The summed E-state index contributed by atoms with van der Waals surface area (Å²) in [6.07, 6.45) is 17.8. The van der Waals surface area contributed by atoms with Gasteiger partial charge in [-0.25, -0.2) is 4.79 Å². The second kappa shape index (κ2) is 16.9. The largest absolute Gasteiger partial charge is 0.469 e. The molecule has 2 N–H and O–H groups in total. The van der Waals surface area contributed by atoms with Crippen molar-refractivity contribution in [3.63, 3.8) is 0 Å². The molecule has 0 radical (unpaired) electrons. The van der Waals surface area contributed by atoms with E-state index in [-0.39, 0.29) is 47.9 Å². The van der Waals surface area contributed by atoms with Crippen LogP contribution in [0.15, 0.2) is 72.4 Å². The van der Waals surface area contributed by atoms with Crippen LogP contribution in [-0.4, -0.2) is 72.7 Å². The van der Waals surface area contributed by atoms with Gasteiger partial charge >= 0.3 is 11.9 Å². The number of ether oxygens (including phenoxy) is 4. The smallest absolute Gasteiger partial charge is 0.334 e. The summed E-state index contributed by atoms with van der Waals surface area (Å²) in [5.41, 5.74) is 0.990. The quantitative estimate of drug-likeness (QED) is 0.126. The van der Waals surface area contributed by atoms with Gasteiger partial charge in [0.15, 0.2) is 0 Å². The monoisotopic (exact) mass is 625 g/mol. The molecule has 1 amide bonds. The second-order valence-electron chi connectivity index (χ2n) is 12.7. The highest BCUT2D eigenvalue weighted by Crippen LogP contribution is 2.48. The van der Waals surface area contributed by atoms with E-state index in [0.29, 0.717) is 31.4 Å². The number of allylic oxidation sites excluding steroid dienone is 6. The standard InChI is InChI=1S/C36H51NO8/c1-8-9-10-11-24(3)35(41)44-26(5)14-17-32(38)37-30-18-25(4)31(45-27(30)6)16-13-23(2)12-15-29-19-28(20-33(39)42-7)21-36(22-43-36)34(29)40/h8-15,17,25-31,34,40H,1,16,18-22H2,2-7H3,(H,37,38)/b10-9-,15-12+,17-14-,23-13+,24-11+/t25-,26?,27+,28+,29-,30+,31-,34+,36+/m0/s1. The van der Waals surface area contributed by atoms with Crippen LogP contribution < -0.4 is 5.32 Å². The summed E-state index contributed by atoms with van der Waals surface area (Å²) in [6.45, 7) is 13.6. The predicted octanol–water partition coefficient (Wildman–Crippen LogP) is 5.07. The van der Waals surface area contributed by atoms with Crippen LogP contribution in [0.3, 0.4) is 0 Å². The molecule has 9 nitrogen and oxygen atoms in total. The lowest BCUT2D eigenvalue weighted by atomic mass is 9.71. The van der Waals surface area contributed by atoms with Crippen LogP contribution >= 0.6 is 0 Å². The highest BCUT2D eigenvalue weighted by Gasteiger charge is 2.57. The second-order valence-corrected chi connectivity index (χ2v) is 12.7. The summed E-state index contributed by atoms with van der Waals surface area (Å²) in [5, 5.41) is 14.0. The SMILES string of the molecule is C=C/C=C\C=C(/C)C(=O)OC(C)/C=C\C(=O)N[C@@H]1C[C@H](C)[C@H](C/C=C(C)/C=C/[C@H]2C[C@H](CC(=O)OC)C[C@@]3(CO3)[C@@H]2O)O[C@@H]1C. The van der Waals surface area contributed by atoms with E-state index in [1.807, 2.05) is 26.0 Å². The first-order chi connectivity index (χ1) is 21.4. The van der Waals surface area contributed by atoms with Crippen molar-refractivity contribution in [3.8, 4) is 0 Å². The first kappa shape index (κ1) is 36.2. The van der Waals surface area contributed by atoms with Crippen molar-refractivity contribution in [3.05, 3.63) is 72.4 Å². The fourth-order valence-electron chi connectivity index (χ4n) is 6.10. The molecule has 3 rings (SSSR count). The summed E-state index contributed by atoms with van der Waals surface area (Å²) in [7, 11) is 1.40. The predicted molar refractivity (Wildman–Crippen MR) is 173 cm³/mol. The molecule has 45 heavy (non-hydrogen) atoms. The van der Waals surface area contributed by atoms with Crippen molar-refractivity contribution in [2.45, 2.75) is 103 Å². The number of amides is 1. The Bertz CT molecular complexity index is 1210. The number of aliphatic hydroxyl groups excluding tert-OH is 1. The first-order valence-corrected chi connectivity index (χ1v) is 15.9. The van der Waals surface area contributed by atoms with Crippen molar-refractivity contribution in [1.82, 2.24) is 5.32 Å². The van der Waals surface area contributed by atoms with Gasteiger partial charge in [0.1, 0.15) is 11.7 Å². The van der Waals surface area contributed by atoms with Crippen LogP contribution in [0.4, 0.5) is 0 Å². The number of rotatable bonds is 13. The number of carbonyl (C=O) groups excluding carboxylic acids is 3. The number of methoxy groups -OCH3 is 1. The lowest BCUT2D eigenvalue weighted by molar-refractivity contribution is -0.143. The van der Waals surface area contributed by atoms with Crippen molar-refractivity contribution in [2.75, 3.05) is 13.7 Å². The van der Waals surface area contributed by atoms with Crippen molar-refractivity contribution < 1.29 is 38.4 Å². The molecule has 1 aliphatic carbocycles. The Balaban J connectivity index is 1.47. The number of hydrogen-bond acceptors (Lipinski definition) is 8. The average molecular weight is 626 g/mol. The van der Waals surface area contributed by atoms with Gasteiger partial charge in [-0.3, -0.25) is 9.59 Å². The number of epoxide rings is 1. The summed E-state index contributed by atoms with van der Waals surface area (Å²) in [4.78, 5) is 36.7. The molecule has 1 saturated carbocycles. The number of nitrogens with one attached hydrogen (secondary N) is 1. The maximum atomic E-state index is 12.6. The summed E-state index contributed by atoms with van der Waals surface area (Å²) in [5.74, 6) is -0.699. The Labute approximate surface area is 268 Å². The minimum atomic E-state index is -0.588. The van der Waals surface area contributed by atoms with Gasteiger partial charge in [0.05, 0.1) is 38.1 Å². The molecule has 248 valence electrons. The summed E-state index contributed by atoms with van der Waals surface area (Å²) < 4.78 is 22.2. The molecule has 1 unspecified atom stereocenters. The Morgan fingerprint density at radius 3 is 2.56 bits per heavy atom. The Morgan fingerprint density at radius 2 is 1.89 bits per heavy atom. The zero-order valence-electron chi connectivity index (χ0n) is 27.6. The minimum absolute atomic E-state index is 0.0111. The highest BCUT2D eigenvalue weighted by atomic mass is 16.6. The van der Waals surface area contributed by atoms with Crippen LogP contribution in [0.1, 0.15) is 66.7 Å². The van der Waals surface area contributed by atoms with Gasteiger partial charge in [0.2, 0.25) is 5.91 Å². The molecule has 3 aliphatic rings. The van der Waals surface area contributed by atoms with E-state index < -0.39 is 23.8 Å². The van der Waals surface area contributed by atoms with Crippen molar-refractivity contribution >= 4 is 17.8 Å². The molecular formula is C36H51NO8. The third-order valence-electron chi connectivity index (χ3n) is 8.93. The van der Waals surface area contributed by atoms with Crippen LogP contribution in [0.2, 0.25) is 0 Å². The molecule has 0 bridgehead atoms. The van der Waals surface area contributed by atoms with Gasteiger partial charge in [-0.15, -0.1) is 0 Å². The topological polar surface area (TPSA) is 124 Å². The summed E-state index contributed by atoms with van der Waals surface area (Å²) >= 11 is 0. The van der Waals surface area contributed by atoms with Crippen LogP contribution in [0.25, 0.3) is 0 Å². The Kier molecular flexibility index (Phi) is 13.6. The lowest BCUT2D eigenvalue weighted by Gasteiger charge is -2.39. The van der Waals surface area contributed by atoms with E-state index in [2.05, 4.69) is 24.9 Å². The van der Waals surface area contributed by atoms with Crippen LogP contribution in [0, 0.1) is 17.8 Å². The highest BCUT2D eigenvalue weighted by molar-refractivity contribution is 5.89. The Hall–Kier alpha value is -3.27. The molecular weight excluding hydrogens is 574 g/mol. The normalized spacial score (nSPS) is 33.0. The molecule has 0 aromatic carbocycles. The van der Waals surface area contributed by atoms with E-state index >= 15 is 0 Å². The molecule has 9 heteroatoms. The molecule has 3 fully saturated rings.